The first-order valence-electron chi connectivity index (χ1n) is 10.2. The standard InChI is InChI=1S/C23H22BrNO6S/c1-2-31-18-5-3-4-15(12-18)21(26)19-20(14-6-8-16(24)9-7-14)25(23(28)22(19)27)17-10-11-32(29,30)13-17/h3-9,12,17,20,26H,2,10-11,13H2,1H3/t17-,20+/m0/s1. The van der Waals surface area contributed by atoms with Crippen molar-refractivity contribution in [3.05, 3.63) is 69.7 Å². The zero-order valence-corrected chi connectivity index (χ0v) is 19.7. The largest absolute Gasteiger partial charge is 0.507 e. The van der Waals surface area contributed by atoms with Crippen molar-refractivity contribution in [2.75, 3.05) is 18.1 Å². The molecule has 0 radical (unpaired) electrons. The second-order valence-corrected chi connectivity index (χ2v) is 10.9. The molecule has 4 rings (SSSR count). The van der Waals surface area contributed by atoms with Crippen molar-refractivity contribution in [3.8, 4) is 5.75 Å². The number of rotatable bonds is 5. The van der Waals surface area contributed by atoms with E-state index in [1.54, 1.807) is 48.5 Å². The van der Waals surface area contributed by atoms with Crippen LogP contribution in [0.4, 0.5) is 0 Å². The number of amides is 1. The van der Waals surface area contributed by atoms with E-state index < -0.39 is 33.6 Å². The van der Waals surface area contributed by atoms with Gasteiger partial charge in [-0.15, -0.1) is 0 Å². The van der Waals surface area contributed by atoms with Crippen LogP contribution in [0.15, 0.2) is 58.6 Å². The summed E-state index contributed by atoms with van der Waals surface area (Å²) in [6, 6.07) is 12.2. The molecule has 9 heteroatoms. The SMILES string of the molecule is CCOc1cccc(C(O)=C2C(=O)C(=O)N([C@H]3CCS(=O)(=O)C3)[C@@H]2c2ccc(Br)cc2)c1. The Balaban J connectivity index is 1.87. The highest BCUT2D eigenvalue weighted by molar-refractivity contribution is 9.10. The predicted molar refractivity (Wildman–Crippen MR) is 123 cm³/mol. The number of hydrogen-bond acceptors (Lipinski definition) is 6. The van der Waals surface area contributed by atoms with Gasteiger partial charge in [-0.3, -0.25) is 9.59 Å². The highest BCUT2D eigenvalue weighted by Crippen LogP contribution is 2.42. The number of benzene rings is 2. The van der Waals surface area contributed by atoms with Crippen molar-refractivity contribution in [1.29, 1.82) is 0 Å². The van der Waals surface area contributed by atoms with E-state index in [4.69, 9.17) is 4.74 Å². The average Bonchev–Trinajstić information content (AvgIpc) is 3.25. The topological polar surface area (TPSA) is 101 Å². The molecule has 0 unspecified atom stereocenters. The van der Waals surface area contributed by atoms with E-state index in [2.05, 4.69) is 15.9 Å². The zero-order chi connectivity index (χ0) is 23.0. The minimum absolute atomic E-state index is 0.0376. The minimum atomic E-state index is -3.30. The molecule has 2 saturated heterocycles. The zero-order valence-electron chi connectivity index (χ0n) is 17.3. The molecule has 2 aromatic rings. The molecule has 7 nitrogen and oxygen atoms in total. The van der Waals surface area contributed by atoms with Gasteiger partial charge < -0.3 is 14.7 Å². The van der Waals surface area contributed by atoms with Crippen molar-refractivity contribution in [1.82, 2.24) is 4.90 Å². The third-order valence-corrected chi connectivity index (χ3v) is 7.97. The fourth-order valence-corrected chi connectivity index (χ4v) is 6.22. The number of sulfone groups is 1. The summed E-state index contributed by atoms with van der Waals surface area (Å²) >= 11 is 3.38. The molecule has 2 fully saturated rings. The number of aliphatic hydroxyl groups is 1. The van der Waals surface area contributed by atoms with E-state index in [0.717, 1.165) is 4.47 Å². The van der Waals surface area contributed by atoms with Crippen molar-refractivity contribution in [3.63, 3.8) is 0 Å². The lowest BCUT2D eigenvalue weighted by atomic mass is 9.94. The third kappa shape index (κ3) is 4.19. The highest BCUT2D eigenvalue weighted by Gasteiger charge is 2.50. The van der Waals surface area contributed by atoms with Gasteiger partial charge in [0, 0.05) is 16.1 Å². The Morgan fingerprint density at radius 2 is 1.91 bits per heavy atom. The number of ether oxygens (including phenoxy) is 1. The van der Waals surface area contributed by atoms with E-state index >= 15 is 0 Å². The molecule has 0 aliphatic carbocycles. The summed E-state index contributed by atoms with van der Waals surface area (Å²) in [5.41, 5.74) is 0.893. The number of likely N-dealkylation sites (tertiary alicyclic amines) is 1. The molecule has 0 bridgehead atoms. The van der Waals surface area contributed by atoms with Crippen LogP contribution in [-0.4, -0.2) is 54.3 Å². The van der Waals surface area contributed by atoms with Crippen LogP contribution < -0.4 is 4.74 Å². The number of Topliss-reactive ketones (excluding diaryl/α,β-unsaturated/α-hetero) is 1. The Bertz CT molecular complexity index is 1210. The summed E-state index contributed by atoms with van der Waals surface area (Å²) in [5.74, 6) is -1.67. The van der Waals surface area contributed by atoms with Gasteiger partial charge in [-0.2, -0.15) is 0 Å². The predicted octanol–water partition coefficient (Wildman–Crippen LogP) is 3.46. The van der Waals surface area contributed by atoms with E-state index in [-0.39, 0.29) is 29.3 Å². The van der Waals surface area contributed by atoms with E-state index in [1.807, 2.05) is 6.92 Å². The van der Waals surface area contributed by atoms with Crippen LogP contribution in [0.1, 0.15) is 30.5 Å². The monoisotopic (exact) mass is 519 g/mol. The Hall–Kier alpha value is -2.65. The summed E-state index contributed by atoms with van der Waals surface area (Å²) in [6.07, 6.45) is 0.252. The van der Waals surface area contributed by atoms with Crippen molar-refractivity contribution >= 4 is 43.2 Å². The van der Waals surface area contributed by atoms with Crippen LogP contribution in [0.5, 0.6) is 5.75 Å². The number of aliphatic hydroxyl groups excluding tert-OH is 1. The number of nitrogens with zero attached hydrogens (tertiary/aromatic N) is 1. The molecule has 2 aliphatic heterocycles. The molecule has 0 saturated carbocycles. The first kappa shape index (κ1) is 22.5. The maximum Gasteiger partial charge on any atom is 0.295 e. The number of carbonyl (C=O) groups is 2. The summed E-state index contributed by atoms with van der Waals surface area (Å²) in [4.78, 5) is 27.5. The molecular formula is C23H22BrNO6S. The van der Waals surface area contributed by atoms with Gasteiger partial charge in [-0.05, 0) is 43.2 Å². The molecule has 1 amide bonds. The number of halogens is 1. The molecule has 0 spiro atoms. The van der Waals surface area contributed by atoms with Gasteiger partial charge in [0.1, 0.15) is 11.5 Å². The third-order valence-electron chi connectivity index (χ3n) is 5.69. The normalized spacial score (nSPS) is 24.1. The maximum atomic E-state index is 13.1. The lowest BCUT2D eigenvalue weighted by Gasteiger charge is -2.30. The summed E-state index contributed by atoms with van der Waals surface area (Å²) in [5, 5.41) is 11.1. The smallest absolute Gasteiger partial charge is 0.295 e. The van der Waals surface area contributed by atoms with Gasteiger partial charge in [0.15, 0.2) is 9.84 Å². The lowest BCUT2D eigenvalue weighted by molar-refractivity contribution is -0.141. The van der Waals surface area contributed by atoms with Gasteiger partial charge in [0.25, 0.3) is 11.7 Å². The average molecular weight is 520 g/mol. The van der Waals surface area contributed by atoms with E-state index in [9.17, 15) is 23.1 Å². The van der Waals surface area contributed by atoms with Crippen LogP contribution in [0.2, 0.25) is 0 Å². The van der Waals surface area contributed by atoms with Crippen LogP contribution in [0.25, 0.3) is 5.76 Å². The van der Waals surface area contributed by atoms with E-state index in [1.165, 1.54) is 4.90 Å². The fraction of sp³-hybridized carbons (Fsp3) is 0.304. The molecule has 2 atom stereocenters. The fourth-order valence-electron chi connectivity index (χ4n) is 4.25. The minimum Gasteiger partial charge on any atom is -0.507 e. The van der Waals surface area contributed by atoms with Gasteiger partial charge in [-0.25, -0.2) is 8.42 Å². The van der Waals surface area contributed by atoms with Crippen molar-refractivity contribution < 1.29 is 27.9 Å². The Labute approximate surface area is 194 Å². The first-order chi connectivity index (χ1) is 15.2. The van der Waals surface area contributed by atoms with E-state index in [0.29, 0.717) is 23.5 Å². The molecule has 168 valence electrons. The Morgan fingerprint density at radius 1 is 1.19 bits per heavy atom. The molecule has 1 N–H and O–H groups in total. The number of hydrogen-bond donors (Lipinski definition) is 1. The van der Waals surface area contributed by atoms with Gasteiger partial charge in [-0.1, -0.05) is 40.2 Å². The summed E-state index contributed by atoms with van der Waals surface area (Å²) < 4.78 is 30.5. The molecule has 0 aromatic heterocycles. The highest BCUT2D eigenvalue weighted by atomic mass is 79.9. The second kappa shape index (κ2) is 8.71. The first-order valence-corrected chi connectivity index (χ1v) is 12.8. The molecule has 2 aromatic carbocycles. The number of carbonyl (C=O) groups excluding carboxylic acids is 2. The lowest BCUT2D eigenvalue weighted by Crippen LogP contribution is -2.40. The summed E-state index contributed by atoms with van der Waals surface area (Å²) in [7, 11) is -3.30. The maximum absolute atomic E-state index is 13.1. The van der Waals surface area contributed by atoms with Gasteiger partial charge in [0.05, 0.1) is 29.7 Å². The van der Waals surface area contributed by atoms with Gasteiger partial charge >= 0.3 is 0 Å². The van der Waals surface area contributed by atoms with Crippen molar-refractivity contribution in [2.24, 2.45) is 0 Å². The van der Waals surface area contributed by atoms with Crippen LogP contribution in [0, 0.1) is 0 Å². The summed E-state index contributed by atoms with van der Waals surface area (Å²) in [6.45, 7) is 2.27. The van der Waals surface area contributed by atoms with Gasteiger partial charge in [0.2, 0.25) is 0 Å². The molecule has 32 heavy (non-hydrogen) atoms. The Morgan fingerprint density at radius 3 is 2.53 bits per heavy atom. The molecular weight excluding hydrogens is 498 g/mol. The van der Waals surface area contributed by atoms with Crippen LogP contribution in [-0.2, 0) is 19.4 Å². The molecule has 2 aliphatic rings. The second-order valence-electron chi connectivity index (χ2n) is 7.78. The van der Waals surface area contributed by atoms with Crippen LogP contribution in [0.3, 0.4) is 0 Å². The van der Waals surface area contributed by atoms with Crippen LogP contribution >= 0.6 is 15.9 Å². The number of ketones is 1. The Kier molecular flexibility index (Phi) is 6.13. The quantitative estimate of drug-likeness (QED) is 0.368. The molecule has 2 heterocycles. The van der Waals surface area contributed by atoms with Crippen molar-refractivity contribution in [2.45, 2.75) is 25.4 Å².